The average Bonchev–Trinajstić information content (AvgIpc) is 3.22. The summed E-state index contributed by atoms with van der Waals surface area (Å²) in [5.74, 6) is 0.0493. The molecule has 5 nitrogen and oxygen atoms in total. The topological polar surface area (TPSA) is 53.9 Å². The summed E-state index contributed by atoms with van der Waals surface area (Å²) in [6, 6.07) is 19.4. The quantitative estimate of drug-likeness (QED) is 0.556. The molecule has 29 heavy (non-hydrogen) atoms. The Labute approximate surface area is 181 Å². The van der Waals surface area contributed by atoms with Crippen molar-refractivity contribution in [1.29, 1.82) is 0 Å². The number of halogens is 3. The van der Waals surface area contributed by atoms with Gasteiger partial charge in [0, 0.05) is 26.3 Å². The number of nitrogens with one attached hydrogen (secondary N) is 1. The third-order valence-corrected chi connectivity index (χ3v) is 5.55. The molecule has 1 N–H and O–H groups in total. The van der Waals surface area contributed by atoms with E-state index in [4.69, 9.17) is 39.6 Å². The lowest BCUT2D eigenvalue weighted by Gasteiger charge is -2.32. The average molecular weight is 445 g/mol. The van der Waals surface area contributed by atoms with Gasteiger partial charge in [0.05, 0.1) is 11.3 Å². The van der Waals surface area contributed by atoms with Crippen molar-refractivity contribution in [3.63, 3.8) is 0 Å². The minimum absolute atomic E-state index is 0.379. The molecule has 2 heterocycles. The second-order valence-corrected chi connectivity index (χ2v) is 7.93. The summed E-state index contributed by atoms with van der Waals surface area (Å²) < 4.78 is 0. The van der Waals surface area contributed by atoms with Gasteiger partial charge in [0.2, 0.25) is 0 Å². The van der Waals surface area contributed by atoms with Gasteiger partial charge in [-0.05, 0) is 48.5 Å². The summed E-state index contributed by atoms with van der Waals surface area (Å²) in [5.41, 5.74) is 0.946. The maximum atomic E-state index is 13.2. The van der Waals surface area contributed by atoms with Gasteiger partial charge in [-0.2, -0.15) is 0 Å². The summed E-state index contributed by atoms with van der Waals surface area (Å²) in [6.45, 7) is 0. The van der Waals surface area contributed by atoms with E-state index in [0.29, 0.717) is 43.4 Å². The number of hydrogen-bond donors (Lipinski definition) is 1. The van der Waals surface area contributed by atoms with Crippen LogP contribution in [0.3, 0.4) is 0 Å². The number of carbonyl (C=O) groups excluding carboxylic acids is 1. The Balaban J connectivity index is 1.76. The first-order valence-corrected chi connectivity index (χ1v) is 9.82. The first kappa shape index (κ1) is 18.3. The standard InChI is InChI=1S/C21H12Cl3N3O2/c22-13-4-1-3-12(9-13)19-26-29-21(27(19)16-6-2-5-14(23)10-16)17-11-15(24)7-8-18(17)25-20(21)28/h1-11H,(H,25,28)/t21-/m0/s1. The molecule has 0 aliphatic carbocycles. The summed E-state index contributed by atoms with van der Waals surface area (Å²) in [4.78, 5) is 20.8. The van der Waals surface area contributed by atoms with E-state index in [1.807, 2.05) is 12.1 Å². The van der Waals surface area contributed by atoms with Gasteiger partial charge in [-0.25, -0.2) is 0 Å². The highest BCUT2D eigenvalue weighted by Gasteiger charge is 2.60. The monoisotopic (exact) mass is 443 g/mol. The van der Waals surface area contributed by atoms with Gasteiger partial charge in [0.1, 0.15) is 0 Å². The molecule has 1 spiro atoms. The van der Waals surface area contributed by atoms with Crippen molar-refractivity contribution in [2.24, 2.45) is 5.16 Å². The molecule has 5 rings (SSSR count). The van der Waals surface area contributed by atoms with E-state index >= 15 is 0 Å². The van der Waals surface area contributed by atoms with Gasteiger partial charge >= 0.3 is 5.72 Å². The predicted molar refractivity (Wildman–Crippen MR) is 115 cm³/mol. The maximum absolute atomic E-state index is 13.2. The third kappa shape index (κ3) is 2.77. The van der Waals surface area contributed by atoms with Crippen molar-refractivity contribution in [3.8, 4) is 0 Å². The first-order chi connectivity index (χ1) is 14.0. The van der Waals surface area contributed by atoms with Crippen LogP contribution in [0.15, 0.2) is 71.9 Å². The number of amidine groups is 1. The van der Waals surface area contributed by atoms with E-state index in [2.05, 4.69) is 10.5 Å². The van der Waals surface area contributed by atoms with Crippen molar-refractivity contribution in [1.82, 2.24) is 0 Å². The number of rotatable bonds is 2. The van der Waals surface area contributed by atoms with Crippen molar-refractivity contribution in [2.45, 2.75) is 5.72 Å². The van der Waals surface area contributed by atoms with E-state index in [-0.39, 0.29) is 5.91 Å². The molecule has 1 amide bonds. The van der Waals surface area contributed by atoms with E-state index in [1.54, 1.807) is 59.5 Å². The van der Waals surface area contributed by atoms with Crippen LogP contribution in [-0.4, -0.2) is 11.7 Å². The zero-order chi connectivity index (χ0) is 20.2. The lowest BCUT2D eigenvalue weighted by Crippen LogP contribution is -2.51. The Morgan fingerprint density at radius 3 is 2.38 bits per heavy atom. The predicted octanol–water partition coefficient (Wildman–Crippen LogP) is 5.65. The molecule has 0 saturated heterocycles. The molecule has 2 aliphatic rings. The van der Waals surface area contributed by atoms with E-state index < -0.39 is 5.72 Å². The second-order valence-electron chi connectivity index (χ2n) is 6.62. The van der Waals surface area contributed by atoms with Crippen LogP contribution in [0.5, 0.6) is 0 Å². The molecule has 0 bridgehead atoms. The van der Waals surface area contributed by atoms with Crippen LogP contribution in [0.25, 0.3) is 0 Å². The zero-order valence-electron chi connectivity index (χ0n) is 14.7. The lowest BCUT2D eigenvalue weighted by molar-refractivity contribution is -0.137. The van der Waals surface area contributed by atoms with Crippen LogP contribution >= 0.6 is 34.8 Å². The van der Waals surface area contributed by atoms with Gasteiger partial charge < -0.3 is 10.2 Å². The molecule has 8 heteroatoms. The van der Waals surface area contributed by atoms with Gasteiger partial charge in [0.25, 0.3) is 5.91 Å². The van der Waals surface area contributed by atoms with E-state index in [0.717, 1.165) is 0 Å². The van der Waals surface area contributed by atoms with Crippen LogP contribution in [-0.2, 0) is 15.4 Å². The highest BCUT2D eigenvalue weighted by Crippen LogP contribution is 2.48. The Morgan fingerprint density at radius 2 is 1.62 bits per heavy atom. The molecule has 0 unspecified atom stereocenters. The van der Waals surface area contributed by atoms with Gasteiger partial charge in [-0.1, -0.05) is 58.2 Å². The molecule has 0 saturated carbocycles. The van der Waals surface area contributed by atoms with Crippen molar-refractivity contribution >= 4 is 57.9 Å². The van der Waals surface area contributed by atoms with Crippen LogP contribution < -0.4 is 10.2 Å². The van der Waals surface area contributed by atoms with E-state index in [1.165, 1.54) is 0 Å². The molecule has 1 atom stereocenters. The number of benzene rings is 3. The number of carbonyl (C=O) groups is 1. The number of anilines is 2. The molecule has 0 radical (unpaired) electrons. The molecule has 3 aromatic rings. The van der Waals surface area contributed by atoms with Gasteiger partial charge in [-0.3, -0.25) is 9.69 Å². The molecule has 0 aromatic heterocycles. The smallest absolute Gasteiger partial charge is 0.322 e. The molecule has 144 valence electrons. The normalized spacial score (nSPS) is 19.8. The largest absolute Gasteiger partial charge is 0.349 e. The number of amides is 1. The number of hydrogen-bond acceptors (Lipinski definition) is 4. The maximum Gasteiger partial charge on any atom is 0.322 e. The lowest BCUT2D eigenvalue weighted by atomic mass is 10.00. The van der Waals surface area contributed by atoms with Crippen LogP contribution in [0, 0.1) is 0 Å². The molecule has 2 aliphatic heterocycles. The Hall–Kier alpha value is -2.73. The highest BCUT2D eigenvalue weighted by molar-refractivity contribution is 6.32. The van der Waals surface area contributed by atoms with Crippen molar-refractivity contribution < 1.29 is 9.63 Å². The zero-order valence-corrected chi connectivity index (χ0v) is 17.0. The van der Waals surface area contributed by atoms with Gasteiger partial charge in [0.15, 0.2) is 5.84 Å². The minimum atomic E-state index is -1.55. The summed E-state index contributed by atoms with van der Waals surface area (Å²) in [7, 11) is 0. The molecule has 3 aromatic carbocycles. The Bertz CT molecular complexity index is 1200. The highest BCUT2D eigenvalue weighted by atomic mass is 35.5. The fourth-order valence-corrected chi connectivity index (χ4v) is 4.16. The number of nitrogens with zero attached hydrogens (tertiary/aromatic N) is 2. The van der Waals surface area contributed by atoms with Crippen LogP contribution in [0.2, 0.25) is 15.1 Å². The van der Waals surface area contributed by atoms with E-state index in [9.17, 15) is 4.79 Å². The molecular weight excluding hydrogens is 433 g/mol. The van der Waals surface area contributed by atoms with Gasteiger partial charge in [-0.15, -0.1) is 0 Å². The van der Waals surface area contributed by atoms with Crippen molar-refractivity contribution in [3.05, 3.63) is 92.9 Å². The fourth-order valence-electron chi connectivity index (χ4n) is 3.62. The van der Waals surface area contributed by atoms with Crippen LogP contribution in [0.1, 0.15) is 11.1 Å². The van der Waals surface area contributed by atoms with Crippen LogP contribution in [0.4, 0.5) is 11.4 Å². The summed E-state index contributed by atoms with van der Waals surface area (Å²) >= 11 is 18.7. The molecule has 0 fully saturated rings. The number of fused-ring (bicyclic) bond motifs is 2. The number of oxime groups is 1. The first-order valence-electron chi connectivity index (χ1n) is 8.68. The SMILES string of the molecule is O=C1Nc2ccc(Cl)cc2[C@]12ON=C(c1cccc(Cl)c1)N2c1cccc(Cl)c1. The third-order valence-electron chi connectivity index (χ3n) is 4.84. The molecular formula is C21H12Cl3N3O2. The Morgan fingerprint density at radius 1 is 0.897 bits per heavy atom. The summed E-state index contributed by atoms with van der Waals surface area (Å²) in [6.07, 6.45) is 0. The Kier molecular flexibility index (Phi) is 4.21. The minimum Gasteiger partial charge on any atom is -0.349 e. The second kappa shape index (κ2) is 6.66. The van der Waals surface area contributed by atoms with Crippen molar-refractivity contribution in [2.75, 3.05) is 10.2 Å². The fraction of sp³-hybridized carbons (Fsp3) is 0.0476. The summed E-state index contributed by atoms with van der Waals surface area (Å²) in [5, 5.41) is 8.67.